The number of nitrogens with two attached hydrogens (primary N) is 1. The first-order valence-corrected chi connectivity index (χ1v) is 12.0. The van der Waals surface area contributed by atoms with Crippen LogP contribution in [0.1, 0.15) is 18.1 Å². The highest BCUT2D eigenvalue weighted by Gasteiger charge is 2.43. The molecule has 2 aromatic rings. The third-order valence-corrected chi connectivity index (χ3v) is 7.27. The molecular weight excluding hydrogens is 463 g/mol. The number of carbonyl (C=O) groups is 1. The first-order chi connectivity index (χ1) is 14.5. The van der Waals surface area contributed by atoms with E-state index in [2.05, 4.69) is 0 Å². The van der Waals surface area contributed by atoms with Gasteiger partial charge in [-0.3, -0.25) is 4.79 Å². The summed E-state index contributed by atoms with van der Waals surface area (Å²) in [5, 5.41) is 9.31. The molecule has 0 bridgehead atoms. The SMILES string of the molecule is CC1=C(C(N)=O)N(S(C)(=O)=O)C(N(Cc2ccc(Cl)cc2F)c2ccc(C#N)cc2)S1. The summed E-state index contributed by atoms with van der Waals surface area (Å²) in [5.74, 6) is -1.43. The van der Waals surface area contributed by atoms with E-state index in [1.54, 1.807) is 36.1 Å². The molecule has 0 radical (unpaired) electrons. The zero-order valence-corrected chi connectivity index (χ0v) is 18.9. The van der Waals surface area contributed by atoms with Crippen molar-refractivity contribution in [3.05, 3.63) is 75.0 Å². The molecule has 0 spiro atoms. The Balaban J connectivity index is 2.13. The van der Waals surface area contributed by atoms with E-state index in [-0.39, 0.29) is 22.8 Å². The molecule has 1 unspecified atom stereocenters. The number of thioether (sulfide) groups is 1. The molecule has 0 aliphatic carbocycles. The summed E-state index contributed by atoms with van der Waals surface area (Å²) in [6, 6.07) is 12.6. The van der Waals surface area contributed by atoms with E-state index in [1.807, 2.05) is 6.07 Å². The number of nitriles is 1. The third kappa shape index (κ3) is 4.79. The van der Waals surface area contributed by atoms with Crippen molar-refractivity contribution in [3.8, 4) is 6.07 Å². The van der Waals surface area contributed by atoms with Crippen LogP contribution in [0, 0.1) is 17.1 Å². The molecule has 7 nitrogen and oxygen atoms in total. The monoisotopic (exact) mass is 480 g/mol. The zero-order valence-electron chi connectivity index (χ0n) is 16.5. The van der Waals surface area contributed by atoms with Crippen LogP contribution in [0.4, 0.5) is 10.1 Å². The molecule has 0 fully saturated rings. The first kappa shape index (κ1) is 22.9. The molecule has 162 valence electrons. The Hall–Kier alpha value is -2.74. The maximum absolute atomic E-state index is 14.6. The number of hydrogen-bond donors (Lipinski definition) is 1. The molecule has 2 N–H and O–H groups in total. The number of amides is 1. The number of allylic oxidation sites excluding steroid dienone is 1. The summed E-state index contributed by atoms with van der Waals surface area (Å²) >= 11 is 6.97. The fourth-order valence-corrected chi connectivity index (χ4v) is 6.15. The van der Waals surface area contributed by atoms with Crippen LogP contribution in [0.3, 0.4) is 0 Å². The number of benzene rings is 2. The van der Waals surface area contributed by atoms with Crippen LogP contribution in [-0.2, 0) is 21.4 Å². The van der Waals surface area contributed by atoms with Crippen LogP contribution in [0.25, 0.3) is 0 Å². The van der Waals surface area contributed by atoms with E-state index in [0.717, 1.165) is 22.3 Å². The van der Waals surface area contributed by atoms with Gasteiger partial charge in [0.25, 0.3) is 5.91 Å². The third-order valence-electron chi connectivity index (χ3n) is 4.58. The lowest BCUT2D eigenvalue weighted by molar-refractivity contribution is -0.115. The van der Waals surface area contributed by atoms with Gasteiger partial charge in [0, 0.05) is 27.7 Å². The fraction of sp³-hybridized carbons (Fsp3) is 0.200. The molecular formula is C20H18ClFN4O3S2. The van der Waals surface area contributed by atoms with Crippen molar-refractivity contribution in [1.82, 2.24) is 4.31 Å². The lowest BCUT2D eigenvalue weighted by Gasteiger charge is -2.36. The molecule has 0 saturated heterocycles. The van der Waals surface area contributed by atoms with Crippen LogP contribution in [0.5, 0.6) is 0 Å². The van der Waals surface area contributed by atoms with Gasteiger partial charge in [-0.25, -0.2) is 17.1 Å². The Labute approximate surface area is 188 Å². The molecule has 1 amide bonds. The quantitative estimate of drug-likeness (QED) is 0.679. The molecule has 31 heavy (non-hydrogen) atoms. The predicted molar refractivity (Wildman–Crippen MR) is 119 cm³/mol. The molecule has 11 heteroatoms. The van der Waals surface area contributed by atoms with Crippen LogP contribution < -0.4 is 10.6 Å². The van der Waals surface area contributed by atoms with Gasteiger partial charge in [0.05, 0.1) is 17.9 Å². The summed E-state index contributed by atoms with van der Waals surface area (Å²) in [6.45, 7) is 1.57. The number of sulfonamides is 1. The van der Waals surface area contributed by atoms with Gasteiger partial charge in [0.2, 0.25) is 10.0 Å². The number of rotatable bonds is 6. The Kier molecular flexibility index (Phi) is 6.50. The van der Waals surface area contributed by atoms with E-state index in [1.165, 1.54) is 18.2 Å². The molecule has 3 rings (SSSR count). The van der Waals surface area contributed by atoms with Crippen molar-refractivity contribution in [2.75, 3.05) is 11.2 Å². The van der Waals surface area contributed by atoms with E-state index < -0.39 is 27.2 Å². The maximum Gasteiger partial charge on any atom is 0.266 e. The highest BCUT2D eigenvalue weighted by Crippen LogP contribution is 2.43. The van der Waals surface area contributed by atoms with Crippen molar-refractivity contribution >= 4 is 45.0 Å². The van der Waals surface area contributed by atoms with Gasteiger partial charge in [-0.05, 0) is 43.3 Å². The van der Waals surface area contributed by atoms with Gasteiger partial charge in [-0.2, -0.15) is 5.26 Å². The van der Waals surface area contributed by atoms with E-state index in [4.69, 9.17) is 22.6 Å². The van der Waals surface area contributed by atoms with Crippen molar-refractivity contribution in [1.29, 1.82) is 5.26 Å². The maximum atomic E-state index is 14.6. The Morgan fingerprint density at radius 3 is 2.48 bits per heavy atom. The Bertz CT molecular complexity index is 1210. The van der Waals surface area contributed by atoms with E-state index in [0.29, 0.717) is 16.2 Å². The number of carbonyl (C=O) groups excluding carboxylic acids is 1. The van der Waals surface area contributed by atoms with Crippen LogP contribution in [-0.4, -0.2) is 30.4 Å². The summed E-state index contributed by atoms with van der Waals surface area (Å²) in [4.78, 5) is 14.1. The van der Waals surface area contributed by atoms with Gasteiger partial charge in [0.15, 0.2) is 5.50 Å². The zero-order chi connectivity index (χ0) is 22.9. The van der Waals surface area contributed by atoms with Gasteiger partial charge in [-0.15, -0.1) is 0 Å². The number of nitrogens with zero attached hydrogens (tertiary/aromatic N) is 3. The lowest BCUT2D eigenvalue weighted by Crippen LogP contribution is -2.47. The minimum Gasteiger partial charge on any atom is -0.364 e. The number of halogens is 2. The molecule has 1 atom stereocenters. The standard InChI is InChI=1S/C20H18ClFN4O3S2/c1-12-18(19(24)27)26(31(2,28)29)20(30-12)25(16-7-3-13(10-23)4-8-16)11-14-5-6-15(21)9-17(14)22/h3-9,20H,11H2,1-2H3,(H2,24,27). The highest BCUT2D eigenvalue weighted by molar-refractivity contribution is 8.04. The van der Waals surface area contributed by atoms with Crippen LogP contribution in [0.15, 0.2) is 53.1 Å². The second-order valence-corrected chi connectivity index (χ2v) is 10.4. The van der Waals surface area contributed by atoms with E-state index >= 15 is 0 Å². The minimum absolute atomic E-state index is 0.0299. The Morgan fingerprint density at radius 1 is 1.32 bits per heavy atom. The molecule has 0 aromatic heterocycles. The van der Waals surface area contributed by atoms with Crippen molar-refractivity contribution < 1.29 is 17.6 Å². The number of hydrogen-bond acceptors (Lipinski definition) is 6. The average molecular weight is 481 g/mol. The van der Waals surface area contributed by atoms with Gasteiger partial charge in [0.1, 0.15) is 11.5 Å². The molecule has 0 saturated carbocycles. The second kappa shape index (κ2) is 8.78. The molecule has 1 aliphatic rings. The molecule has 1 aliphatic heterocycles. The van der Waals surface area contributed by atoms with E-state index in [9.17, 15) is 17.6 Å². The normalized spacial score (nSPS) is 16.4. The summed E-state index contributed by atoms with van der Waals surface area (Å²) < 4.78 is 40.7. The predicted octanol–water partition coefficient (Wildman–Crippen LogP) is 3.37. The largest absolute Gasteiger partial charge is 0.364 e. The fourth-order valence-electron chi connectivity index (χ4n) is 3.19. The summed E-state index contributed by atoms with van der Waals surface area (Å²) in [6.07, 6.45) is 0.974. The van der Waals surface area contributed by atoms with Crippen molar-refractivity contribution in [3.63, 3.8) is 0 Å². The van der Waals surface area contributed by atoms with Crippen molar-refractivity contribution in [2.45, 2.75) is 19.0 Å². The highest BCUT2D eigenvalue weighted by atomic mass is 35.5. The van der Waals surface area contributed by atoms with Gasteiger partial charge in [-0.1, -0.05) is 29.4 Å². The second-order valence-electron chi connectivity index (χ2n) is 6.79. The molecule has 1 heterocycles. The lowest BCUT2D eigenvalue weighted by atomic mass is 10.1. The van der Waals surface area contributed by atoms with Crippen LogP contribution in [0.2, 0.25) is 5.02 Å². The average Bonchev–Trinajstić information content (AvgIpc) is 3.05. The van der Waals surface area contributed by atoms with Crippen molar-refractivity contribution in [2.24, 2.45) is 5.73 Å². The summed E-state index contributed by atoms with van der Waals surface area (Å²) in [7, 11) is -3.91. The number of primary amides is 1. The Morgan fingerprint density at radius 2 is 1.97 bits per heavy atom. The number of anilines is 1. The minimum atomic E-state index is -3.91. The van der Waals surface area contributed by atoms with Gasteiger partial charge < -0.3 is 10.6 Å². The topological polar surface area (TPSA) is 108 Å². The van der Waals surface area contributed by atoms with Gasteiger partial charge >= 0.3 is 0 Å². The molecule has 2 aromatic carbocycles. The first-order valence-electron chi connectivity index (χ1n) is 8.90. The summed E-state index contributed by atoms with van der Waals surface area (Å²) in [5.41, 5.74) is 5.61. The smallest absolute Gasteiger partial charge is 0.266 e. The van der Waals surface area contributed by atoms with Crippen LogP contribution >= 0.6 is 23.4 Å².